The minimum Gasteiger partial charge on any atom is -0.497 e. The third kappa shape index (κ3) is 7.29. The molecule has 0 saturated heterocycles. The predicted molar refractivity (Wildman–Crippen MR) is 150 cm³/mol. The Morgan fingerprint density at radius 1 is 1.00 bits per heavy atom. The van der Waals surface area contributed by atoms with Gasteiger partial charge in [-0.25, -0.2) is 13.9 Å². The number of ether oxygens (including phenoxy) is 2. The van der Waals surface area contributed by atoms with Gasteiger partial charge in [0.05, 0.1) is 29.8 Å². The van der Waals surface area contributed by atoms with Crippen molar-refractivity contribution in [2.75, 3.05) is 11.4 Å². The molecule has 222 valence electrons. The van der Waals surface area contributed by atoms with E-state index in [1.807, 2.05) is 0 Å². The number of carbonyl (C=O) groups is 1. The van der Waals surface area contributed by atoms with Crippen LogP contribution < -0.4 is 19.3 Å². The van der Waals surface area contributed by atoms with Crippen molar-refractivity contribution in [1.82, 2.24) is 10.5 Å². The van der Waals surface area contributed by atoms with Crippen LogP contribution in [-0.2, 0) is 16.6 Å². The van der Waals surface area contributed by atoms with Gasteiger partial charge < -0.3 is 9.47 Å². The molecule has 0 radical (unpaired) electrons. The zero-order valence-electron chi connectivity index (χ0n) is 22.1. The standard InChI is InChI=1S/C28H24F3N3O6S.ClH/c1-18-14-21(20-5-7-23(8-6-20)40-28(29,30)31)15-25(27(35)33-36)26(18)34(17-19-4-3-13-32-16-19)41(37,38)24-11-9-22(39-2)10-12-24;/h3-16,36H,17H2,1-2H3,(H,33,35);1H. The molecule has 2 N–H and O–H groups in total. The highest BCUT2D eigenvalue weighted by Crippen LogP contribution is 2.37. The van der Waals surface area contributed by atoms with E-state index < -0.39 is 28.0 Å². The zero-order valence-corrected chi connectivity index (χ0v) is 23.8. The number of halogens is 4. The molecular weight excluding hydrogens is 599 g/mol. The maximum Gasteiger partial charge on any atom is 0.573 e. The normalized spacial score (nSPS) is 11.3. The molecule has 0 fully saturated rings. The lowest BCUT2D eigenvalue weighted by molar-refractivity contribution is -0.274. The van der Waals surface area contributed by atoms with Crippen LogP contribution in [-0.4, -0.2) is 38.0 Å². The van der Waals surface area contributed by atoms with E-state index in [2.05, 4.69) is 9.72 Å². The number of aryl methyl sites for hydroxylation is 1. The molecule has 0 aliphatic heterocycles. The second-order valence-electron chi connectivity index (χ2n) is 8.75. The van der Waals surface area contributed by atoms with Crippen molar-refractivity contribution < 1.29 is 41.1 Å². The Labute approximate surface area is 246 Å². The Hall–Kier alpha value is -4.33. The SMILES string of the molecule is COc1ccc(S(=O)(=O)N(Cc2cccnc2)c2c(C)cc(-c3ccc(OC(F)(F)F)cc3)cc2C(=O)NO)cc1.Cl. The first-order valence-corrected chi connectivity index (χ1v) is 13.4. The second kappa shape index (κ2) is 13.1. The zero-order chi connectivity index (χ0) is 29.8. The molecule has 1 aromatic heterocycles. The molecule has 0 aliphatic carbocycles. The fourth-order valence-corrected chi connectivity index (χ4v) is 5.71. The van der Waals surface area contributed by atoms with Crippen LogP contribution >= 0.6 is 12.4 Å². The van der Waals surface area contributed by atoms with Crippen molar-refractivity contribution >= 4 is 34.0 Å². The van der Waals surface area contributed by atoms with Crippen molar-refractivity contribution in [1.29, 1.82) is 0 Å². The number of methoxy groups -OCH3 is 1. The summed E-state index contributed by atoms with van der Waals surface area (Å²) in [7, 11) is -2.85. The summed E-state index contributed by atoms with van der Waals surface area (Å²) in [5.41, 5.74) is 2.99. The monoisotopic (exact) mass is 623 g/mol. The van der Waals surface area contributed by atoms with Crippen molar-refractivity contribution in [2.24, 2.45) is 0 Å². The molecule has 0 saturated carbocycles. The topological polar surface area (TPSA) is 118 Å². The summed E-state index contributed by atoms with van der Waals surface area (Å²) < 4.78 is 75.9. The van der Waals surface area contributed by atoms with Gasteiger partial charge >= 0.3 is 6.36 Å². The smallest absolute Gasteiger partial charge is 0.497 e. The third-order valence-corrected chi connectivity index (χ3v) is 7.77. The first-order valence-electron chi connectivity index (χ1n) is 11.9. The molecule has 42 heavy (non-hydrogen) atoms. The molecule has 0 unspecified atom stereocenters. The fraction of sp³-hybridized carbons (Fsp3) is 0.143. The number of alkyl halides is 3. The Bertz CT molecular complexity index is 1640. The summed E-state index contributed by atoms with van der Waals surface area (Å²) in [6.07, 6.45) is -1.85. The third-order valence-electron chi connectivity index (χ3n) is 6.01. The van der Waals surface area contributed by atoms with Crippen LogP contribution in [0.25, 0.3) is 11.1 Å². The van der Waals surface area contributed by atoms with Crippen LogP contribution in [0.1, 0.15) is 21.5 Å². The highest BCUT2D eigenvalue weighted by molar-refractivity contribution is 7.92. The lowest BCUT2D eigenvalue weighted by Crippen LogP contribution is -2.34. The molecule has 14 heteroatoms. The van der Waals surface area contributed by atoms with Gasteiger partial charge in [0, 0.05) is 12.4 Å². The first kappa shape index (κ1) is 32.2. The largest absolute Gasteiger partial charge is 0.573 e. The Morgan fingerprint density at radius 2 is 1.64 bits per heavy atom. The van der Waals surface area contributed by atoms with Gasteiger partial charge in [0.2, 0.25) is 0 Å². The maximum absolute atomic E-state index is 14.0. The van der Waals surface area contributed by atoms with Crippen LogP contribution in [0.4, 0.5) is 18.9 Å². The summed E-state index contributed by atoms with van der Waals surface area (Å²) in [6.45, 7) is 1.37. The van der Waals surface area contributed by atoms with Gasteiger partial charge in [-0.1, -0.05) is 18.2 Å². The van der Waals surface area contributed by atoms with Gasteiger partial charge in [-0.05, 0) is 83.8 Å². The van der Waals surface area contributed by atoms with E-state index in [4.69, 9.17) is 4.74 Å². The highest BCUT2D eigenvalue weighted by Gasteiger charge is 2.32. The van der Waals surface area contributed by atoms with E-state index in [-0.39, 0.29) is 35.1 Å². The first-order chi connectivity index (χ1) is 19.4. The van der Waals surface area contributed by atoms with Crippen molar-refractivity contribution in [3.05, 3.63) is 102 Å². The van der Waals surface area contributed by atoms with Crippen LogP contribution in [0.5, 0.6) is 11.5 Å². The van der Waals surface area contributed by atoms with Crippen LogP contribution in [0, 0.1) is 6.92 Å². The number of pyridine rings is 1. The molecule has 9 nitrogen and oxygen atoms in total. The highest BCUT2D eigenvalue weighted by atomic mass is 35.5. The molecule has 1 heterocycles. The number of aromatic nitrogens is 1. The summed E-state index contributed by atoms with van der Waals surface area (Å²) in [4.78, 5) is 16.9. The summed E-state index contributed by atoms with van der Waals surface area (Å²) >= 11 is 0. The van der Waals surface area contributed by atoms with Crippen LogP contribution in [0.2, 0.25) is 0 Å². The van der Waals surface area contributed by atoms with Gasteiger partial charge in [-0.2, -0.15) is 0 Å². The van der Waals surface area contributed by atoms with Gasteiger partial charge in [0.15, 0.2) is 0 Å². The Morgan fingerprint density at radius 3 is 2.19 bits per heavy atom. The quantitative estimate of drug-likeness (QED) is 0.176. The Kier molecular flexibility index (Phi) is 10.0. The molecule has 0 atom stereocenters. The number of carbonyl (C=O) groups excluding carboxylic acids is 1. The lowest BCUT2D eigenvalue weighted by Gasteiger charge is -2.28. The Balaban J connectivity index is 0.00000484. The molecule has 4 aromatic rings. The average molecular weight is 624 g/mol. The number of nitrogens with zero attached hydrogens (tertiary/aromatic N) is 2. The molecule has 3 aromatic carbocycles. The fourth-order valence-electron chi connectivity index (χ4n) is 4.18. The number of amides is 1. The number of sulfonamides is 1. The van der Waals surface area contributed by atoms with Gasteiger partial charge in [0.25, 0.3) is 15.9 Å². The maximum atomic E-state index is 14.0. The van der Waals surface area contributed by atoms with E-state index in [1.54, 1.807) is 30.6 Å². The van der Waals surface area contributed by atoms with Gasteiger partial charge in [-0.15, -0.1) is 25.6 Å². The van der Waals surface area contributed by atoms with Crippen molar-refractivity contribution in [3.63, 3.8) is 0 Å². The number of benzene rings is 3. The van der Waals surface area contributed by atoms with E-state index in [9.17, 15) is 31.6 Å². The molecule has 1 amide bonds. The molecule has 0 bridgehead atoms. The number of rotatable bonds is 9. The van der Waals surface area contributed by atoms with Gasteiger partial charge in [0.1, 0.15) is 11.5 Å². The van der Waals surface area contributed by atoms with E-state index >= 15 is 0 Å². The summed E-state index contributed by atoms with van der Waals surface area (Å²) in [5, 5.41) is 9.54. The van der Waals surface area contributed by atoms with Crippen LogP contribution in [0.3, 0.4) is 0 Å². The predicted octanol–water partition coefficient (Wildman–Crippen LogP) is 5.90. The number of anilines is 1. The minimum atomic E-state index is -4.86. The lowest BCUT2D eigenvalue weighted by atomic mass is 9.97. The number of hydrogen-bond donors (Lipinski definition) is 2. The molecule has 0 aliphatic rings. The van der Waals surface area contributed by atoms with Gasteiger partial charge in [-0.3, -0.25) is 19.3 Å². The van der Waals surface area contributed by atoms with E-state index in [0.717, 1.165) is 16.4 Å². The number of hydrogen-bond acceptors (Lipinski definition) is 7. The molecule has 4 rings (SSSR count). The summed E-state index contributed by atoms with van der Waals surface area (Å²) in [5.74, 6) is -0.991. The molecular formula is C28H25ClF3N3O6S. The number of nitrogens with one attached hydrogen (secondary N) is 1. The summed E-state index contributed by atoms with van der Waals surface area (Å²) in [6, 6.07) is 16.9. The van der Waals surface area contributed by atoms with Crippen molar-refractivity contribution in [3.8, 4) is 22.6 Å². The van der Waals surface area contributed by atoms with E-state index in [0.29, 0.717) is 28.0 Å². The van der Waals surface area contributed by atoms with Crippen molar-refractivity contribution in [2.45, 2.75) is 24.7 Å². The van der Waals surface area contributed by atoms with Crippen LogP contribution in [0.15, 0.2) is 90.1 Å². The van der Waals surface area contributed by atoms with E-state index in [1.165, 1.54) is 62.0 Å². The number of hydroxylamine groups is 1. The molecule has 0 spiro atoms. The minimum absolute atomic E-state index is 0. The second-order valence-corrected chi connectivity index (χ2v) is 10.6. The average Bonchev–Trinajstić information content (AvgIpc) is 2.95.